The zero-order valence-electron chi connectivity index (χ0n) is 28.9. The van der Waals surface area contributed by atoms with Gasteiger partial charge in [0, 0.05) is 48.9 Å². The van der Waals surface area contributed by atoms with Gasteiger partial charge in [-0.2, -0.15) is 0 Å². The summed E-state index contributed by atoms with van der Waals surface area (Å²) in [7, 11) is -2.63. The standard InChI is InChI=1S/C34H66O5S4Si/c1-6-11-13-15-17-24-40-33(35)42-26-21-31-20-19-30(23-28-44(37-8-3,38-9-4)39-10-5)29-32(31)22-27-43-34(36)41-25-18-16-14-12-7-2/h30-32H,6-29H2,1-5H3. The van der Waals surface area contributed by atoms with Gasteiger partial charge in [-0.1, -0.05) is 119 Å². The second-order valence-electron chi connectivity index (χ2n) is 12.0. The van der Waals surface area contributed by atoms with E-state index < -0.39 is 8.80 Å². The molecule has 0 N–H and O–H groups in total. The monoisotopic (exact) mass is 710 g/mol. The van der Waals surface area contributed by atoms with Crippen molar-refractivity contribution in [3.63, 3.8) is 0 Å². The molecule has 3 unspecified atom stereocenters. The average molecular weight is 711 g/mol. The molecule has 0 aromatic carbocycles. The van der Waals surface area contributed by atoms with Crippen molar-refractivity contribution in [2.24, 2.45) is 17.8 Å². The fourth-order valence-corrected chi connectivity index (χ4v) is 12.8. The highest BCUT2D eigenvalue weighted by Gasteiger charge is 2.41. The first-order valence-electron chi connectivity index (χ1n) is 17.9. The van der Waals surface area contributed by atoms with E-state index in [0.717, 1.165) is 61.2 Å². The van der Waals surface area contributed by atoms with Crippen LogP contribution < -0.4 is 0 Å². The van der Waals surface area contributed by atoms with Crippen LogP contribution in [0.15, 0.2) is 0 Å². The number of rotatable bonds is 27. The van der Waals surface area contributed by atoms with Gasteiger partial charge in [0.25, 0.3) is 0 Å². The Morgan fingerprint density at radius 2 is 1.02 bits per heavy atom. The van der Waals surface area contributed by atoms with Crippen molar-refractivity contribution in [1.82, 2.24) is 0 Å². The lowest BCUT2D eigenvalue weighted by atomic mass is 9.71. The van der Waals surface area contributed by atoms with Crippen molar-refractivity contribution in [3.05, 3.63) is 0 Å². The third-order valence-electron chi connectivity index (χ3n) is 8.55. The smallest absolute Gasteiger partial charge is 0.374 e. The van der Waals surface area contributed by atoms with Crippen LogP contribution >= 0.6 is 47.0 Å². The molecule has 0 saturated heterocycles. The molecule has 10 heteroatoms. The second kappa shape index (κ2) is 28.8. The predicted octanol–water partition coefficient (Wildman–Crippen LogP) is 12.4. The summed E-state index contributed by atoms with van der Waals surface area (Å²) in [6.45, 7) is 12.4. The lowest BCUT2D eigenvalue weighted by molar-refractivity contribution is 0.0673. The van der Waals surface area contributed by atoms with Gasteiger partial charge < -0.3 is 13.3 Å². The van der Waals surface area contributed by atoms with Crippen molar-refractivity contribution in [2.45, 2.75) is 143 Å². The molecule has 0 aliphatic heterocycles. The van der Waals surface area contributed by atoms with Crippen molar-refractivity contribution in [2.75, 3.05) is 42.8 Å². The molecule has 260 valence electrons. The van der Waals surface area contributed by atoms with Crippen LogP contribution in [0.3, 0.4) is 0 Å². The van der Waals surface area contributed by atoms with E-state index in [9.17, 15) is 9.59 Å². The Labute approximate surface area is 290 Å². The van der Waals surface area contributed by atoms with Crippen molar-refractivity contribution in [1.29, 1.82) is 0 Å². The van der Waals surface area contributed by atoms with Crippen molar-refractivity contribution < 1.29 is 22.9 Å². The normalized spacial score (nSPS) is 19.0. The molecule has 3 atom stereocenters. The van der Waals surface area contributed by atoms with Gasteiger partial charge >= 0.3 is 8.80 Å². The number of carbonyl (C=O) groups excluding carboxylic acids is 2. The summed E-state index contributed by atoms with van der Waals surface area (Å²) in [5, 5.41) is 0. The summed E-state index contributed by atoms with van der Waals surface area (Å²) in [5.74, 6) is 5.63. The van der Waals surface area contributed by atoms with Gasteiger partial charge in [-0.15, -0.1) is 0 Å². The minimum atomic E-state index is -2.63. The van der Waals surface area contributed by atoms with E-state index in [4.69, 9.17) is 13.3 Å². The molecular weight excluding hydrogens is 645 g/mol. The Morgan fingerprint density at radius 3 is 1.50 bits per heavy atom. The molecule has 1 rings (SSSR count). The zero-order chi connectivity index (χ0) is 32.3. The number of thioether (sulfide) groups is 4. The fourth-order valence-electron chi connectivity index (χ4n) is 6.19. The molecule has 0 aromatic rings. The van der Waals surface area contributed by atoms with Gasteiger partial charge in [0.2, 0.25) is 8.89 Å². The molecule has 5 nitrogen and oxygen atoms in total. The van der Waals surface area contributed by atoms with Crippen LogP contribution in [-0.4, -0.2) is 60.5 Å². The first-order chi connectivity index (χ1) is 21.4. The van der Waals surface area contributed by atoms with Crippen LogP contribution in [-0.2, 0) is 13.3 Å². The lowest BCUT2D eigenvalue weighted by Gasteiger charge is -2.37. The Hall–Kier alpha value is 0.837. The minimum Gasteiger partial charge on any atom is -0.374 e. The average Bonchev–Trinajstić information content (AvgIpc) is 3.01. The van der Waals surface area contributed by atoms with Gasteiger partial charge in [0.05, 0.1) is 0 Å². The summed E-state index contributed by atoms with van der Waals surface area (Å²) in [6.07, 6.45) is 19.4. The molecule has 1 saturated carbocycles. The van der Waals surface area contributed by atoms with E-state index in [1.807, 2.05) is 20.8 Å². The number of hydrogen-bond acceptors (Lipinski definition) is 9. The largest absolute Gasteiger partial charge is 0.500 e. The summed E-state index contributed by atoms with van der Waals surface area (Å²) in [6, 6.07) is 0.882. The minimum absolute atomic E-state index is 0.290. The molecule has 44 heavy (non-hydrogen) atoms. The van der Waals surface area contributed by atoms with E-state index in [0.29, 0.717) is 42.0 Å². The van der Waals surface area contributed by atoms with E-state index in [-0.39, 0.29) is 4.45 Å². The van der Waals surface area contributed by atoms with Crippen LogP contribution in [0.2, 0.25) is 6.04 Å². The van der Waals surface area contributed by atoms with E-state index in [1.165, 1.54) is 118 Å². The molecule has 0 bridgehead atoms. The molecular formula is C34H66O5S4Si. The quantitative estimate of drug-likeness (QED) is 0.0612. The van der Waals surface area contributed by atoms with Crippen molar-refractivity contribution in [3.8, 4) is 0 Å². The molecule has 0 heterocycles. The second-order valence-corrected chi connectivity index (χ2v) is 19.5. The van der Waals surface area contributed by atoms with Gasteiger partial charge in [-0.05, 0) is 83.5 Å². The summed E-state index contributed by atoms with van der Waals surface area (Å²) < 4.78 is 19.0. The molecule has 0 radical (unpaired) electrons. The number of hydrogen-bond donors (Lipinski definition) is 0. The highest BCUT2D eigenvalue weighted by atomic mass is 32.2. The van der Waals surface area contributed by atoms with Crippen LogP contribution in [0, 0.1) is 17.8 Å². The number of unbranched alkanes of at least 4 members (excludes halogenated alkanes) is 8. The third kappa shape index (κ3) is 20.9. The highest BCUT2D eigenvalue weighted by Crippen LogP contribution is 2.42. The molecule has 1 aliphatic carbocycles. The highest BCUT2D eigenvalue weighted by molar-refractivity contribution is 8.38. The molecule has 0 spiro atoms. The summed E-state index contributed by atoms with van der Waals surface area (Å²) in [4.78, 5) is 25.1. The Morgan fingerprint density at radius 1 is 0.568 bits per heavy atom. The van der Waals surface area contributed by atoms with E-state index >= 15 is 0 Å². The van der Waals surface area contributed by atoms with Crippen LogP contribution in [0.4, 0.5) is 9.59 Å². The Bertz CT molecular complexity index is 700. The molecule has 1 aliphatic rings. The molecule has 0 aromatic heterocycles. The molecule has 1 fully saturated rings. The van der Waals surface area contributed by atoms with Gasteiger partial charge in [-0.3, -0.25) is 9.59 Å². The van der Waals surface area contributed by atoms with Gasteiger partial charge in [0.1, 0.15) is 0 Å². The zero-order valence-corrected chi connectivity index (χ0v) is 33.1. The fraction of sp³-hybridized carbons (Fsp3) is 0.941. The van der Waals surface area contributed by atoms with Crippen LogP contribution in [0.5, 0.6) is 0 Å². The Balaban J connectivity index is 2.61. The maximum absolute atomic E-state index is 12.6. The lowest BCUT2D eigenvalue weighted by Crippen LogP contribution is -2.46. The van der Waals surface area contributed by atoms with E-state index in [1.54, 1.807) is 0 Å². The van der Waals surface area contributed by atoms with E-state index in [2.05, 4.69) is 13.8 Å². The first-order valence-corrected chi connectivity index (χ1v) is 23.8. The Kier molecular flexibility index (Phi) is 28.1. The van der Waals surface area contributed by atoms with Gasteiger partial charge in [-0.25, -0.2) is 0 Å². The number of carbonyl (C=O) groups is 2. The van der Waals surface area contributed by atoms with Crippen LogP contribution in [0.1, 0.15) is 137 Å². The summed E-state index contributed by atoms with van der Waals surface area (Å²) >= 11 is 6.11. The summed E-state index contributed by atoms with van der Waals surface area (Å²) in [5.41, 5.74) is 0. The van der Waals surface area contributed by atoms with Crippen LogP contribution in [0.25, 0.3) is 0 Å². The third-order valence-corrected chi connectivity index (χ3v) is 15.9. The predicted molar refractivity (Wildman–Crippen MR) is 202 cm³/mol. The van der Waals surface area contributed by atoms with Crippen molar-refractivity contribution >= 4 is 64.7 Å². The topological polar surface area (TPSA) is 61.8 Å². The SMILES string of the molecule is CCCCCCCSC(=O)SCCC1CCC(CC[Si](OCC)(OCC)OCC)CC1CCSC(=O)SCCCCCCC. The maximum Gasteiger partial charge on any atom is 0.500 e. The maximum atomic E-state index is 12.6. The van der Waals surface area contributed by atoms with Gasteiger partial charge in [0.15, 0.2) is 0 Å². The molecule has 0 amide bonds. The first kappa shape index (κ1) is 42.9.